The maximum Gasteiger partial charge on any atom is 0.459 e. The minimum atomic E-state index is -4.41. The molecule has 1 fully saturated rings. The van der Waals surface area contributed by atoms with Crippen LogP contribution in [0.2, 0.25) is 0 Å². The molecule has 1 unspecified atom stereocenters. The number of benzene rings is 2. The van der Waals surface area contributed by atoms with E-state index in [-0.39, 0.29) is 24.7 Å². The Labute approximate surface area is 253 Å². The van der Waals surface area contributed by atoms with Gasteiger partial charge in [-0.1, -0.05) is 48.6 Å². The van der Waals surface area contributed by atoms with Gasteiger partial charge in [0.15, 0.2) is 17.6 Å². The van der Waals surface area contributed by atoms with E-state index in [1.165, 1.54) is 19.3 Å². The van der Waals surface area contributed by atoms with Gasteiger partial charge in [0.2, 0.25) is 0 Å². The Hall–Kier alpha value is -3.61. The van der Waals surface area contributed by atoms with Crippen LogP contribution in [-0.4, -0.2) is 64.4 Å². The molecule has 2 aliphatic heterocycles. The lowest BCUT2D eigenvalue weighted by Crippen LogP contribution is -2.43. The van der Waals surface area contributed by atoms with Crippen LogP contribution in [0.1, 0.15) is 39.3 Å². The zero-order chi connectivity index (χ0) is 31.3. The first kappa shape index (κ1) is 31.8. The molecule has 0 radical (unpaired) electrons. The summed E-state index contributed by atoms with van der Waals surface area (Å²) in [5.74, 6) is -0.277. The molecule has 3 aromatic rings. The summed E-state index contributed by atoms with van der Waals surface area (Å²) in [6.45, 7) is 2.29. The number of cyclic esters (lactones) is 1. The van der Waals surface area contributed by atoms with Crippen LogP contribution in [0.4, 0.5) is 4.39 Å². The van der Waals surface area contributed by atoms with E-state index in [1.54, 1.807) is 24.3 Å². The van der Waals surface area contributed by atoms with Crippen molar-refractivity contribution in [1.29, 1.82) is 0 Å². The summed E-state index contributed by atoms with van der Waals surface area (Å²) in [7, 11) is -4.41. The molecule has 236 valence electrons. The maximum atomic E-state index is 16.0. The fourth-order valence-electron chi connectivity index (χ4n) is 4.94. The number of alkyl halides is 1. The van der Waals surface area contributed by atoms with E-state index in [9.17, 15) is 19.3 Å². The smallest absolute Gasteiger partial charge is 0.459 e. The zero-order valence-corrected chi connectivity index (χ0v) is 25.2. The second kappa shape index (κ2) is 13.6. The number of aromatic nitrogens is 2. The zero-order valence-electron chi connectivity index (χ0n) is 24.3. The van der Waals surface area contributed by atoms with E-state index in [2.05, 4.69) is 10.1 Å². The van der Waals surface area contributed by atoms with Gasteiger partial charge < -0.3 is 23.8 Å². The quantitative estimate of drug-likeness (QED) is 0.238. The molecule has 2 aliphatic rings. The van der Waals surface area contributed by atoms with Gasteiger partial charge in [0.1, 0.15) is 24.0 Å². The number of nitrogens with zero attached hydrogens (tertiary/aromatic N) is 2. The third kappa shape index (κ3) is 7.19. The molecule has 14 heteroatoms. The van der Waals surface area contributed by atoms with E-state index in [0.29, 0.717) is 24.6 Å². The molecule has 1 aromatic heterocycles. The summed E-state index contributed by atoms with van der Waals surface area (Å²) < 4.78 is 59.5. The average Bonchev–Trinajstić information content (AvgIpc) is 3.23. The van der Waals surface area contributed by atoms with Gasteiger partial charge in [-0.05, 0) is 44.6 Å². The minimum absolute atomic E-state index is 0.132. The van der Waals surface area contributed by atoms with Crippen molar-refractivity contribution in [3.05, 3.63) is 77.5 Å². The lowest BCUT2D eigenvalue weighted by molar-refractivity contribution is -0.145. The van der Waals surface area contributed by atoms with Gasteiger partial charge in [-0.25, -0.2) is 13.8 Å². The summed E-state index contributed by atoms with van der Waals surface area (Å²) in [5, 5.41) is 14.9. The highest BCUT2D eigenvalue weighted by Crippen LogP contribution is 2.49. The van der Waals surface area contributed by atoms with E-state index >= 15 is 4.39 Å². The van der Waals surface area contributed by atoms with Crippen molar-refractivity contribution >= 4 is 24.5 Å². The van der Waals surface area contributed by atoms with E-state index < -0.39 is 56.2 Å². The lowest BCUT2D eigenvalue weighted by atomic mass is 9.98. The molecule has 0 amide bonds. The number of hydrogen-bond donors (Lipinski definition) is 2. The number of aliphatic hydroxyl groups excluding tert-OH is 1. The number of fused-ring (bicyclic) bond motifs is 6. The summed E-state index contributed by atoms with van der Waals surface area (Å²) in [5.41, 5.74) is -3.31. The number of carbonyl (C=O) groups excluding carboxylic acids is 1. The molecule has 0 saturated carbocycles. The van der Waals surface area contributed by atoms with Crippen molar-refractivity contribution in [2.75, 3.05) is 19.8 Å². The van der Waals surface area contributed by atoms with Crippen molar-refractivity contribution < 1.29 is 42.1 Å². The van der Waals surface area contributed by atoms with E-state index in [0.717, 1.165) is 16.9 Å². The number of aliphatic hydroxyl groups is 1. The first-order valence-electron chi connectivity index (χ1n) is 14.3. The molecular formula is C30H35FN3O9P. The third-order valence-corrected chi connectivity index (χ3v) is 8.95. The summed E-state index contributed by atoms with van der Waals surface area (Å²) in [6, 6.07) is 11.3. The lowest BCUT2D eigenvalue weighted by Gasteiger charge is -2.25. The number of ether oxygens (including phenoxy) is 3. The number of hydrogen-bond acceptors (Lipinski definition) is 10. The fraction of sp³-hybridized carbons (Fsp3) is 0.433. The number of carbonyl (C=O) groups is 1. The Kier molecular flexibility index (Phi) is 9.81. The van der Waals surface area contributed by atoms with Crippen molar-refractivity contribution in [3.63, 3.8) is 0 Å². The van der Waals surface area contributed by atoms with Crippen molar-refractivity contribution in [2.45, 2.75) is 63.3 Å². The molecular weight excluding hydrogens is 596 g/mol. The molecule has 0 spiro atoms. The molecule has 2 N–H and O–H groups in total. The van der Waals surface area contributed by atoms with Crippen LogP contribution in [0.3, 0.4) is 0 Å². The van der Waals surface area contributed by atoms with Gasteiger partial charge >= 0.3 is 19.4 Å². The second-order valence-corrected chi connectivity index (χ2v) is 12.4. The molecule has 12 nitrogen and oxygen atoms in total. The number of rotatable bonds is 2. The highest BCUT2D eigenvalue weighted by atomic mass is 31.2. The highest BCUT2D eigenvalue weighted by Gasteiger charge is 2.56. The normalized spacial score (nSPS) is 31.3. The van der Waals surface area contributed by atoms with Crippen molar-refractivity contribution in [1.82, 2.24) is 14.6 Å². The predicted molar refractivity (Wildman–Crippen MR) is 158 cm³/mol. The highest BCUT2D eigenvalue weighted by molar-refractivity contribution is 7.52. The standard InChI is InChI=1S/C30H35FN3O9P/c1-20-27(36)40-16-9-5-3-4-8-15-39-22-17-32-29(37)34(18-22)28-30(2,31)26(35)25(42-28)19-41-44(38,33-20)43-24-14-10-12-21-11-6-7-13-23(21)24/h3-4,6-7,10-14,17-18,20,25-26,28,35H,5,8-9,15-16,19H2,1-2H3,(H,33,38)/b4-3+/t20-,25-,26-,28-,30-,44?/m1/s1. The van der Waals surface area contributed by atoms with Crippen LogP contribution in [0, 0.1) is 0 Å². The Morgan fingerprint density at radius 2 is 1.89 bits per heavy atom. The molecule has 5 rings (SSSR count). The van der Waals surface area contributed by atoms with Gasteiger partial charge in [-0.15, -0.1) is 0 Å². The third-order valence-electron chi connectivity index (χ3n) is 7.32. The average molecular weight is 632 g/mol. The van der Waals surface area contributed by atoms with Crippen LogP contribution in [0.15, 0.2) is 71.8 Å². The Morgan fingerprint density at radius 3 is 2.73 bits per heavy atom. The van der Waals surface area contributed by atoms with Crippen LogP contribution in [0.5, 0.6) is 11.5 Å². The fourth-order valence-corrected chi connectivity index (χ4v) is 6.46. The molecule has 2 aromatic carbocycles. The molecule has 44 heavy (non-hydrogen) atoms. The van der Waals surface area contributed by atoms with E-state index in [1.807, 2.05) is 30.4 Å². The monoisotopic (exact) mass is 631 g/mol. The Bertz CT molecular complexity index is 1610. The van der Waals surface area contributed by atoms with Gasteiger partial charge in [0.25, 0.3) is 0 Å². The van der Waals surface area contributed by atoms with Gasteiger partial charge in [-0.3, -0.25) is 13.9 Å². The van der Waals surface area contributed by atoms with E-state index in [4.69, 9.17) is 23.3 Å². The Morgan fingerprint density at radius 1 is 1.11 bits per heavy atom. The van der Waals surface area contributed by atoms with Gasteiger partial charge in [-0.2, -0.15) is 10.1 Å². The number of allylic oxidation sites excluding steroid dienone is 1. The van der Waals surface area contributed by atoms with Crippen molar-refractivity contribution in [3.8, 4) is 11.5 Å². The largest absolute Gasteiger partial charge is 0.490 e. The predicted octanol–water partition coefficient (Wildman–Crippen LogP) is 4.23. The first-order valence-corrected chi connectivity index (χ1v) is 15.9. The van der Waals surface area contributed by atoms with Crippen LogP contribution in [-0.2, 0) is 23.4 Å². The topological polar surface area (TPSA) is 147 Å². The summed E-state index contributed by atoms with van der Waals surface area (Å²) in [6.07, 6.45) is 3.26. The van der Waals surface area contributed by atoms with Crippen molar-refractivity contribution in [2.24, 2.45) is 0 Å². The number of nitrogens with one attached hydrogen (secondary N) is 1. The SMILES string of the molecule is C[C@H]1NP(=O)(Oc2cccc3ccccc23)OC[C@H]2O[C@@H](n3cc(cnc3=O)OCC/C=C/CCCOC1=O)[C@](C)(F)[C@@H]2O. The van der Waals surface area contributed by atoms with Gasteiger partial charge in [0, 0.05) is 5.39 Å². The number of esters is 1. The summed E-state index contributed by atoms with van der Waals surface area (Å²) in [4.78, 5) is 29.2. The number of halogens is 1. The molecule has 0 aliphatic carbocycles. The molecule has 4 bridgehead atoms. The molecule has 3 heterocycles. The van der Waals surface area contributed by atoms with Gasteiger partial charge in [0.05, 0.1) is 32.2 Å². The maximum absolute atomic E-state index is 16.0. The Balaban J connectivity index is 1.45. The van der Waals surface area contributed by atoms with Crippen LogP contribution in [0.25, 0.3) is 10.8 Å². The second-order valence-electron chi connectivity index (χ2n) is 10.7. The minimum Gasteiger partial charge on any atom is -0.490 e. The molecule has 6 atom stereocenters. The first-order chi connectivity index (χ1) is 21.1. The summed E-state index contributed by atoms with van der Waals surface area (Å²) >= 11 is 0. The molecule has 1 saturated heterocycles. The van der Waals surface area contributed by atoms with Crippen LogP contribution >= 0.6 is 7.75 Å². The van der Waals surface area contributed by atoms with Crippen LogP contribution < -0.4 is 20.0 Å².